The molecule has 0 radical (unpaired) electrons. The molecular weight excluding hydrogens is 304 g/mol. The van der Waals surface area contributed by atoms with Crippen LogP contribution in [0.5, 0.6) is 5.75 Å². The summed E-state index contributed by atoms with van der Waals surface area (Å²) in [5.74, 6) is 1.43. The van der Waals surface area contributed by atoms with Gasteiger partial charge in [0.05, 0.1) is 25.5 Å². The fourth-order valence-electron chi connectivity index (χ4n) is 2.73. The van der Waals surface area contributed by atoms with Crippen molar-refractivity contribution in [1.82, 2.24) is 4.57 Å². The third-order valence-electron chi connectivity index (χ3n) is 4.04. The highest BCUT2D eigenvalue weighted by atomic mass is 16.5. The van der Waals surface area contributed by atoms with Crippen LogP contribution >= 0.6 is 0 Å². The van der Waals surface area contributed by atoms with Gasteiger partial charge in [0.2, 0.25) is 0 Å². The fourth-order valence-corrected chi connectivity index (χ4v) is 2.73. The Labute approximate surface area is 140 Å². The summed E-state index contributed by atoms with van der Waals surface area (Å²) in [7, 11) is 1.60. The molecule has 3 aromatic rings. The minimum atomic E-state index is -0.137. The van der Waals surface area contributed by atoms with Crippen molar-refractivity contribution in [3.05, 3.63) is 71.4 Å². The van der Waals surface area contributed by atoms with Gasteiger partial charge >= 0.3 is 0 Å². The van der Waals surface area contributed by atoms with E-state index in [0.29, 0.717) is 23.5 Å². The molecule has 1 aromatic carbocycles. The van der Waals surface area contributed by atoms with Crippen molar-refractivity contribution in [2.24, 2.45) is 0 Å². The Bertz CT molecular complexity index is 848. The topological polar surface area (TPSA) is 56.4 Å². The minimum Gasteiger partial charge on any atom is -0.497 e. The molecule has 5 heteroatoms. The van der Waals surface area contributed by atoms with E-state index < -0.39 is 0 Å². The van der Waals surface area contributed by atoms with E-state index in [0.717, 1.165) is 17.1 Å². The third-order valence-corrected chi connectivity index (χ3v) is 4.04. The van der Waals surface area contributed by atoms with E-state index in [1.165, 1.54) is 0 Å². The number of nitrogens with zero attached hydrogens (tertiary/aromatic N) is 1. The van der Waals surface area contributed by atoms with Crippen LogP contribution in [0.3, 0.4) is 0 Å². The van der Waals surface area contributed by atoms with Gasteiger partial charge < -0.3 is 19.0 Å². The van der Waals surface area contributed by atoms with Crippen molar-refractivity contribution in [3.8, 4) is 5.75 Å². The van der Waals surface area contributed by atoms with Crippen LogP contribution < -0.4 is 10.1 Å². The van der Waals surface area contributed by atoms with Gasteiger partial charge in [-0.15, -0.1) is 0 Å². The van der Waals surface area contributed by atoms with Crippen LogP contribution in [0, 0.1) is 13.8 Å². The number of hydrogen-bond acceptors (Lipinski definition) is 3. The van der Waals surface area contributed by atoms with E-state index in [-0.39, 0.29) is 5.91 Å². The van der Waals surface area contributed by atoms with Crippen LogP contribution in [0.1, 0.15) is 27.5 Å². The quantitative estimate of drug-likeness (QED) is 0.771. The zero-order valence-corrected chi connectivity index (χ0v) is 14.0. The molecule has 124 valence electrons. The first-order chi connectivity index (χ1) is 11.6. The normalized spacial score (nSPS) is 10.6. The van der Waals surface area contributed by atoms with Crippen molar-refractivity contribution >= 4 is 11.6 Å². The molecule has 1 amide bonds. The van der Waals surface area contributed by atoms with Crippen LogP contribution in [-0.2, 0) is 6.54 Å². The molecule has 0 spiro atoms. The molecule has 0 unspecified atom stereocenters. The van der Waals surface area contributed by atoms with Crippen LogP contribution in [0.2, 0.25) is 0 Å². The number of nitrogens with one attached hydrogen (secondary N) is 1. The Morgan fingerprint density at radius 2 is 2.04 bits per heavy atom. The van der Waals surface area contributed by atoms with Gasteiger partial charge in [-0.3, -0.25) is 4.79 Å². The van der Waals surface area contributed by atoms with Gasteiger partial charge in [-0.05, 0) is 44.2 Å². The number of furan rings is 1. The maximum Gasteiger partial charge on any atom is 0.257 e. The summed E-state index contributed by atoms with van der Waals surface area (Å²) in [5.41, 5.74) is 3.28. The van der Waals surface area contributed by atoms with E-state index in [2.05, 4.69) is 9.88 Å². The lowest BCUT2D eigenvalue weighted by atomic mass is 10.2. The lowest BCUT2D eigenvalue weighted by Gasteiger charge is -2.09. The van der Waals surface area contributed by atoms with Gasteiger partial charge in [0, 0.05) is 23.1 Å². The highest BCUT2D eigenvalue weighted by molar-refractivity contribution is 6.05. The lowest BCUT2D eigenvalue weighted by molar-refractivity contribution is 0.102. The molecule has 1 N–H and O–H groups in total. The van der Waals surface area contributed by atoms with Crippen LogP contribution in [-0.4, -0.2) is 17.6 Å². The predicted octanol–water partition coefficient (Wildman–Crippen LogP) is 4.01. The molecular formula is C19H20N2O3. The van der Waals surface area contributed by atoms with E-state index in [1.54, 1.807) is 19.4 Å². The Morgan fingerprint density at radius 3 is 2.75 bits per heavy atom. The Balaban J connectivity index is 1.82. The number of anilines is 1. The molecule has 0 aliphatic heterocycles. The molecule has 2 aromatic heterocycles. The molecule has 2 heterocycles. The number of carbonyl (C=O) groups excluding carboxylic acids is 1. The van der Waals surface area contributed by atoms with Gasteiger partial charge in [-0.1, -0.05) is 6.07 Å². The van der Waals surface area contributed by atoms with Gasteiger partial charge in [-0.2, -0.15) is 0 Å². The van der Waals surface area contributed by atoms with Crippen molar-refractivity contribution in [2.45, 2.75) is 20.4 Å². The largest absolute Gasteiger partial charge is 0.497 e. The number of methoxy groups -OCH3 is 1. The number of benzene rings is 1. The highest BCUT2D eigenvalue weighted by Crippen LogP contribution is 2.21. The molecule has 24 heavy (non-hydrogen) atoms. The lowest BCUT2D eigenvalue weighted by Crippen LogP contribution is -2.13. The monoisotopic (exact) mass is 324 g/mol. The number of aromatic nitrogens is 1. The van der Waals surface area contributed by atoms with Crippen molar-refractivity contribution in [2.75, 3.05) is 12.4 Å². The number of rotatable bonds is 5. The van der Waals surface area contributed by atoms with Crippen LogP contribution in [0.4, 0.5) is 5.69 Å². The van der Waals surface area contributed by atoms with Gasteiger partial charge in [0.1, 0.15) is 11.5 Å². The molecule has 0 bridgehead atoms. The first-order valence-electron chi connectivity index (χ1n) is 7.73. The van der Waals surface area contributed by atoms with E-state index >= 15 is 0 Å². The van der Waals surface area contributed by atoms with Gasteiger partial charge in [0.25, 0.3) is 5.91 Å². The van der Waals surface area contributed by atoms with Crippen LogP contribution in [0.25, 0.3) is 0 Å². The average molecular weight is 324 g/mol. The summed E-state index contributed by atoms with van der Waals surface area (Å²) in [6, 6.07) is 13.0. The standard InChI is InChI=1S/C19H20N2O3/c1-13-10-18(14(2)21(13)12-17-8-5-9-24-17)19(22)20-15-6-4-7-16(11-15)23-3/h4-11H,12H2,1-3H3,(H,20,22). The van der Waals surface area contributed by atoms with Crippen LogP contribution in [0.15, 0.2) is 53.1 Å². The maximum atomic E-state index is 12.6. The summed E-state index contributed by atoms with van der Waals surface area (Å²) in [6.07, 6.45) is 1.65. The Hall–Kier alpha value is -2.95. The molecule has 0 atom stereocenters. The summed E-state index contributed by atoms with van der Waals surface area (Å²) in [4.78, 5) is 12.6. The summed E-state index contributed by atoms with van der Waals surface area (Å²) in [5, 5.41) is 2.92. The number of aryl methyl sites for hydroxylation is 1. The van der Waals surface area contributed by atoms with E-state index in [4.69, 9.17) is 9.15 Å². The number of carbonyl (C=O) groups is 1. The van der Waals surface area contributed by atoms with Gasteiger partial charge in [0.15, 0.2) is 0 Å². The second-order valence-corrected chi connectivity index (χ2v) is 5.64. The summed E-state index contributed by atoms with van der Waals surface area (Å²) in [6.45, 7) is 4.53. The smallest absolute Gasteiger partial charge is 0.257 e. The number of amides is 1. The second kappa shape index (κ2) is 6.66. The zero-order chi connectivity index (χ0) is 17.1. The summed E-state index contributed by atoms with van der Waals surface area (Å²) < 4.78 is 12.7. The van der Waals surface area contributed by atoms with Crippen molar-refractivity contribution < 1.29 is 13.9 Å². The number of hydrogen-bond donors (Lipinski definition) is 1. The zero-order valence-electron chi connectivity index (χ0n) is 14.0. The first kappa shape index (κ1) is 15.9. The maximum absolute atomic E-state index is 12.6. The highest BCUT2D eigenvalue weighted by Gasteiger charge is 2.16. The average Bonchev–Trinajstić information content (AvgIpc) is 3.18. The SMILES string of the molecule is COc1cccc(NC(=O)c2cc(C)n(Cc3ccco3)c2C)c1. The van der Waals surface area contributed by atoms with E-state index in [1.807, 2.05) is 50.2 Å². The summed E-state index contributed by atoms with van der Waals surface area (Å²) >= 11 is 0. The molecule has 0 saturated heterocycles. The van der Waals surface area contributed by atoms with Gasteiger partial charge in [-0.25, -0.2) is 0 Å². The molecule has 0 saturated carbocycles. The Kier molecular flexibility index (Phi) is 4.42. The second-order valence-electron chi connectivity index (χ2n) is 5.64. The number of ether oxygens (including phenoxy) is 1. The third kappa shape index (κ3) is 3.20. The van der Waals surface area contributed by atoms with E-state index in [9.17, 15) is 4.79 Å². The predicted molar refractivity (Wildman–Crippen MR) is 92.7 cm³/mol. The first-order valence-corrected chi connectivity index (χ1v) is 7.73. The molecule has 0 fully saturated rings. The minimum absolute atomic E-state index is 0.137. The molecule has 0 aliphatic rings. The Morgan fingerprint density at radius 1 is 1.21 bits per heavy atom. The van der Waals surface area contributed by atoms with Crippen molar-refractivity contribution in [3.63, 3.8) is 0 Å². The molecule has 0 aliphatic carbocycles. The fraction of sp³-hybridized carbons (Fsp3) is 0.211. The molecule has 3 rings (SSSR count). The molecule has 5 nitrogen and oxygen atoms in total. The van der Waals surface area contributed by atoms with Crippen molar-refractivity contribution in [1.29, 1.82) is 0 Å².